The number of hydrogen-bond donors (Lipinski definition) is 1. The Hall–Kier alpha value is -3.03. The zero-order valence-corrected chi connectivity index (χ0v) is 23.2. The zero-order valence-electron chi connectivity index (χ0n) is 20.9. The Kier molecular flexibility index (Phi) is 7.43. The van der Waals surface area contributed by atoms with Crippen LogP contribution in [0.3, 0.4) is 0 Å². The van der Waals surface area contributed by atoms with Crippen LogP contribution < -0.4 is 4.31 Å². The van der Waals surface area contributed by atoms with Gasteiger partial charge < -0.3 is 9.59 Å². The highest BCUT2D eigenvalue weighted by molar-refractivity contribution is 7.92. The van der Waals surface area contributed by atoms with Crippen molar-refractivity contribution in [3.63, 3.8) is 0 Å². The van der Waals surface area contributed by atoms with E-state index in [4.69, 9.17) is 23.2 Å². The number of halogens is 2. The van der Waals surface area contributed by atoms with Gasteiger partial charge >= 0.3 is 0 Å². The van der Waals surface area contributed by atoms with Crippen LogP contribution in [0.4, 0.5) is 5.69 Å². The lowest BCUT2D eigenvalue weighted by Gasteiger charge is -2.57. The summed E-state index contributed by atoms with van der Waals surface area (Å²) in [7, 11) is -3.61. The second kappa shape index (κ2) is 10.6. The highest BCUT2D eigenvalue weighted by Crippen LogP contribution is 2.45. The number of anilines is 1. The molecule has 0 spiro atoms. The highest BCUT2D eigenvalue weighted by Gasteiger charge is 2.54. The number of rotatable bonds is 8. The molecule has 5 rings (SSSR count). The molecule has 0 amide bonds. The Balaban J connectivity index is 1.61. The van der Waals surface area contributed by atoms with Gasteiger partial charge in [0.2, 0.25) is 10.0 Å². The van der Waals surface area contributed by atoms with Crippen LogP contribution in [0.1, 0.15) is 22.7 Å². The van der Waals surface area contributed by atoms with E-state index in [9.17, 15) is 13.5 Å². The average molecular weight is 569 g/mol. The molecule has 1 fully saturated rings. The lowest BCUT2D eigenvalue weighted by molar-refractivity contribution is -0.999. The first-order chi connectivity index (χ1) is 18.1. The molecule has 1 heterocycles. The van der Waals surface area contributed by atoms with Gasteiger partial charge in [0, 0.05) is 32.8 Å². The number of quaternary nitrogens is 1. The molecule has 0 bridgehead atoms. The van der Waals surface area contributed by atoms with Crippen molar-refractivity contribution in [1.82, 2.24) is 0 Å². The molecule has 4 aromatic rings. The molecule has 0 atom stereocenters. The van der Waals surface area contributed by atoms with Gasteiger partial charge in [-0.05, 0) is 36.4 Å². The van der Waals surface area contributed by atoms with Gasteiger partial charge in [0.25, 0.3) is 0 Å². The summed E-state index contributed by atoms with van der Waals surface area (Å²) in [6, 6.07) is 32.1. The van der Waals surface area contributed by atoms with Crippen LogP contribution in [0.2, 0.25) is 10.0 Å². The van der Waals surface area contributed by atoms with E-state index in [-0.39, 0.29) is 17.8 Å². The molecule has 38 heavy (non-hydrogen) atoms. The van der Waals surface area contributed by atoms with Gasteiger partial charge in [0.05, 0.1) is 11.9 Å². The van der Waals surface area contributed by atoms with Crippen molar-refractivity contribution in [2.45, 2.75) is 18.6 Å². The Labute approximate surface area is 234 Å². The number of hydrogen-bond acceptors (Lipinski definition) is 3. The molecular formula is C30H29Cl2N2O3S+. The summed E-state index contributed by atoms with van der Waals surface area (Å²) in [6.45, 7) is 1.87. The van der Waals surface area contributed by atoms with Gasteiger partial charge in [-0.15, -0.1) is 0 Å². The second-order valence-electron chi connectivity index (χ2n) is 9.97. The van der Waals surface area contributed by atoms with Crippen molar-refractivity contribution in [3.05, 3.63) is 130 Å². The standard InChI is InChI=1S/C30H28Cl2N2O3S/c1-38(36,37)33(27-8-5-9-29(35)18-27)28-20-34(21-28,19-22-6-3-2-4-7-22)30(23-10-14-25(31)15-11-23)24-12-16-26(32)17-13-24/h2-18,28,30H,19-21H2,1H3/p+1. The Morgan fingerprint density at radius 2 is 1.39 bits per heavy atom. The summed E-state index contributed by atoms with van der Waals surface area (Å²) in [5.74, 6) is 0.0284. The average Bonchev–Trinajstić information content (AvgIpc) is 2.85. The fourth-order valence-corrected chi connectivity index (χ4v) is 7.15. The topological polar surface area (TPSA) is 57.6 Å². The van der Waals surface area contributed by atoms with Gasteiger partial charge in [-0.3, -0.25) is 4.31 Å². The fraction of sp³-hybridized carbons (Fsp3) is 0.200. The monoisotopic (exact) mass is 567 g/mol. The Morgan fingerprint density at radius 3 is 1.89 bits per heavy atom. The molecule has 0 radical (unpaired) electrons. The van der Waals surface area contributed by atoms with E-state index < -0.39 is 10.0 Å². The zero-order chi connectivity index (χ0) is 26.9. The van der Waals surface area contributed by atoms with Crippen molar-refractivity contribution in [2.24, 2.45) is 0 Å². The molecule has 4 aromatic carbocycles. The van der Waals surface area contributed by atoms with Gasteiger partial charge in [0.15, 0.2) is 0 Å². The van der Waals surface area contributed by atoms with Crippen molar-refractivity contribution in [2.75, 3.05) is 23.7 Å². The maximum atomic E-state index is 13.0. The summed E-state index contributed by atoms with van der Waals surface area (Å²) in [4.78, 5) is 0. The van der Waals surface area contributed by atoms with Crippen LogP contribution in [0, 0.1) is 0 Å². The van der Waals surface area contributed by atoms with E-state index in [0.717, 1.165) is 11.1 Å². The van der Waals surface area contributed by atoms with Crippen molar-refractivity contribution in [1.29, 1.82) is 0 Å². The first-order valence-electron chi connectivity index (χ1n) is 12.3. The first-order valence-corrected chi connectivity index (χ1v) is 14.9. The maximum Gasteiger partial charge on any atom is 0.232 e. The number of aromatic hydroxyl groups is 1. The minimum absolute atomic E-state index is 0.0284. The summed E-state index contributed by atoms with van der Waals surface area (Å²) in [5, 5.41) is 11.4. The Morgan fingerprint density at radius 1 is 0.842 bits per heavy atom. The molecule has 8 heteroatoms. The Bertz CT molecular complexity index is 1460. The molecule has 0 unspecified atom stereocenters. The van der Waals surface area contributed by atoms with Gasteiger partial charge in [-0.1, -0.05) is 83.9 Å². The van der Waals surface area contributed by atoms with Gasteiger partial charge in [-0.2, -0.15) is 0 Å². The third kappa shape index (κ3) is 5.54. The van der Waals surface area contributed by atoms with E-state index in [1.54, 1.807) is 12.1 Å². The lowest BCUT2D eigenvalue weighted by atomic mass is 9.87. The summed E-state index contributed by atoms with van der Waals surface area (Å²) < 4.78 is 28.1. The van der Waals surface area contributed by atoms with Crippen LogP contribution in [0.5, 0.6) is 5.75 Å². The number of benzene rings is 4. The highest BCUT2D eigenvalue weighted by atomic mass is 35.5. The smallest absolute Gasteiger partial charge is 0.232 e. The van der Waals surface area contributed by atoms with E-state index in [2.05, 4.69) is 12.1 Å². The fourth-order valence-electron chi connectivity index (χ4n) is 5.73. The minimum Gasteiger partial charge on any atom is -0.508 e. The largest absolute Gasteiger partial charge is 0.508 e. The molecule has 1 N–H and O–H groups in total. The maximum absolute atomic E-state index is 13.0. The molecule has 0 aliphatic carbocycles. The molecule has 1 aliphatic heterocycles. The molecule has 0 saturated carbocycles. The van der Waals surface area contributed by atoms with Gasteiger partial charge in [-0.25, -0.2) is 8.42 Å². The summed E-state index contributed by atoms with van der Waals surface area (Å²) in [6.07, 6.45) is 1.22. The predicted octanol–water partition coefficient (Wildman–Crippen LogP) is 6.65. The van der Waals surface area contributed by atoms with Crippen LogP contribution in [0.15, 0.2) is 103 Å². The third-order valence-electron chi connectivity index (χ3n) is 7.18. The van der Waals surface area contributed by atoms with E-state index >= 15 is 0 Å². The number of nitrogens with zero attached hydrogens (tertiary/aromatic N) is 2. The number of phenolic OH excluding ortho intramolecular Hbond substituents is 1. The normalized spacial score (nSPS) is 19.2. The number of phenols is 1. The minimum atomic E-state index is -3.61. The molecule has 196 valence electrons. The molecule has 1 aliphatic rings. The van der Waals surface area contributed by atoms with E-state index in [1.807, 2.05) is 66.7 Å². The summed E-state index contributed by atoms with van der Waals surface area (Å²) in [5.41, 5.74) is 3.82. The van der Waals surface area contributed by atoms with Crippen LogP contribution in [-0.4, -0.2) is 43.4 Å². The number of sulfonamides is 1. The predicted molar refractivity (Wildman–Crippen MR) is 154 cm³/mol. The molecule has 5 nitrogen and oxygen atoms in total. The van der Waals surface area contributed by atoms with Crippen molar-refractivity contribution < 1.29 is 18.0 Å². The quantitative estimate of drug-likeness (QED) is 0.242. The van der Waals surface area contributed by atoms with Crippen molar-refractivity contribution >= 4 is 38.9 Å². The number of likely N-dealkylation sites (tertiary alicyclic amines) is 1. The van der Waals surface area contributed by atoms with Crippen LogP contribution in [-0.2, 0) is 16.6 Å². The van der Waals surface area contributed by atoms with E-state index in [0.29, 0.717) is 39.8 Å². The van der Waals surface area contributed by atoms with Crippen LogP contribution in [0.25, 0.3) is 0 Å². The van der Waals surface area contributed by atoms with Crippen molar-refractivity contribution in [3.8, 4) is 5.75 Å². The summed E-state index contributed by atoms with van der Waals surface area (Å²) >= 11 is 12.5. The third-order valence-corrected chi connectivity index (χ3v) is 8.91. The van der Waals surface area contributed by atoms with Gasteiger partial charge in [0.1, 0.15) is 37.5 Å². The first kappa shape index (κ1) is 26.6. The lowest BCUT2D eigenvalue weighted by Crippen LogP contribution is -2.72. The van der Waals surface area contributed by atoms with Crippen LogP contribution >= 0.6 is 23.2 Å². The molecule has 1 saturated heterocycles. The SMILES string of the molecule is CS(=O)(=O)N(c1cccc(O)c1)C1C[N+](Cc2ccccc2)(C(c2ccc(Cl)cc2)c2ccc(Cl)cc2)C1. The second-order valence-corrected chi connectivity index (χ2v) is 12.7. The molecule has 0 aromatic heterocycles. The van der Waals surface area contributed by atoms with E-state index in [1.165, 1.54) is 28.3 Å². The molecular weight excluding hydrogens is 539 g/mol.